The molecule has 2 N–H and O–H groups in total. The molecule has 1 saturated heterocycles. The summed E-state index contributed by atoms with van der Waals surface area (Å²) < 4.78 is 0. The zero-order valence-corrected chi connectivity index (χ0v) is 11.8. The van der Waals surface area contributed by atoms with E-state index in [9.17, 15) is 5.11 Å². The minimum atomic E-state index is -0.449. The molecule has 0 spiro atoms. The highest BCUT2D eigenvalue weighted by atomic mass is 16.3. The molecule has 1 aromatic rings. The number of aryl methyl sites for hydroxylation is 3. The first-order chi connectivity index (χ1) is 8.50. The molecule has 1 aromatic carbocycles. The third-order valence-electron chi connectivity index (χ3n) is 4.21. The van der Waals surface area contributed by atoms with E-state index in [-0.39, 0.29) is 0 Å². The van der Waals surface area contributed by atoms with Crippen molar-refractivity contribution in [3.63, 3.8) is 0 Å². The van der Waals surface area contributed by atoms with Crippen molar-refractivity contribution in [1.29, 1.82) is 0 Å². The molecule has 1 heterocycles. The fourth-order valence-electron chi connectivity index (χ4n) is 3.10. The first-order valence-electron chi connectivity index (χ1n) is 7.00. The maximum absolute atomic E-state index is 10.5. The highest BCUT2D eigenvalue weighted by molar-refractivity contribution is 5.37. The second-order valence-electron chi connectivity index (χ2n) is 5.85. The monoisotopic (exact) mass is 247 g/mol. The van der Waals surface area contributed by atoms with Gasteiger partial charge in [0.25, 0.3) is 0 Å². The molecule has 18 heavy (non-hydrogen) atoms. The number of piperidine rings is 1. The normalized spacial score (nSPS) is 18.9. The van der Waals surface area contributed by atoms with Gasteiger partial charge < -0.3 is 10.4 Å². The van der Waals surface area contributed by atoms with Gasteiger partial charge in [-0.1, -0.05) is 17.7 Å². The first kappa shape index (κ1) is 13.6. The second-order valence-corrected chi connectivity index (χ2v) is 5.85. The fourth-order valence-corrected chi connectivity index (χ4v) is 3.10. The third kappa shape index (κ3) is 3.12. The SMILES string of the molecule is Cc1cc(C)c(CCC2(O)CCNCC2)c(C)c1. The van der Waals surface area contributed by atoms with E-state index in [1.54, 1.807) is 0 Å². The summed E-state index contributed by atoms with van der Waals surface area (Å²) >= 11 is 0. The number of hydrogen-bond acceptors (Lipinski definition) is 2. The first-order valence-corrected chi connectivity index (χ1v) is 7.00. The van der Waals surface area contributed by atoms with Gasteiger partial charge in [-0.3, -0.25) is 0 Å². The molecule has 100 valence electrons. The second kappa shape index (κ2) is 5.41. The lowest BCUT2D eigenvalue weighted by molar-refractivity contribution is 0.00277. The van der Waals surface area contributed by atoms with Crippen LogP contribution in [-0.4, -0.2) is 23.8 Å². The summed E-state index contributed by atoms with van der Waals surface area (Å²) in [5.41, 5.74) is 5.03. The molecule has 1 aliphatic heterocycles. The van der Waals surface area contributed by atoms with Gasteiger partial charge in [0, 0.05) is 0 Å². The average molecular weight is 247 g/mol. The van der Waals surface area contributed by atoms with Gasteiger partial charge in [-0.25, -0.2) is 0 Å². The van der Waals surface area contributed by atoms with Crippen LogP contribution in [0.15, 0.2) is 12.1 Å². The molecular weight excluding hydrogens is 222 g/mol. The van der Waals surface area contributed by atoms with Gasteiger partial charge in [0.2, 0.25) is 0 Å². The van der Waals surface area contributed by atoms with Crippen molar-refractivity contribution in [1.82, 2.24) is 5.32 Å². The highest BCUT2D eigenvalue weighted by Crippen LogP contribution is 2.26. The minimum absolute atomic E-state index is 0.449. The van der Waals surface area contributed by atoms with E-state index in [0.717, 1.165) is 38.8 Å². The van der Waals surface area contributed by atoms with Crippen LogP contribution in [0.4, 0.5) is 0 Å². The van der Waals surface area contributed by atoms with E-state index in [1.807, 2.05) is 0 Å². The van der Waals surface area contributed by atoms with Crippen molar-refractivity contribution in [2.24, 2.45) is 0 Å². The minimum Gasteiger partial charge on any atom is -0.390 e. The maximum Gasteiger partial charge on any atom is 0.0675 e. The van der Waals surface area contributed by atoms with Crippen LogP contribution in [0.2, 0.25) is 0 Å². The lowest BCUT2D eigenvalue weighted by atomic mass is 9.84. The number of aliphatic hydroxyl groups is 1. The smallest absolute Gasteiger partial charge is 0.0675 e. The average Bonchev–Trinajstić information content (AvgIpc) is 2.28. The van der Waals surface area contributed by atoms with E-state index >= 15 is 0 Å². The van der Waals surface area contributed by atoms with Crippen molar-refractivity contribution >= 4 is 0 Å². The maximum atomic E-state index is 10.5. The Morgan fingerprint density at radius 3 is 2.22 bits per heavy atom. The number of rotatable bonds is 3. The summed E-state index contributed by atoms with van der Waals surface area (Å²) in [6.07, 6.45) is 3.65. The quantitative estimate of drug-likeness (QED) is 0.860. The van der Waals surface area contributed by atoms with Crippen molar-refractivity contribution < 1.29 is 5.11 Å². The Labute approximate surface area is 110 Å². The van der Waals surface area contributed by atoms with Gasteiger partial charge in [-0.15, -0.1) is 0 Å². The lowest BCUT2D eigenvalue weighted by Gasteiger charge is -2.33. The molecule has 0 aromatic heterocycles. The number of nitrogens with one attached hydrogen (secondary N) is 1. The van der Waals surface area contributed by atoms with E-state index in [2.05, 4.69) is 38.2 Å². The van der Waals surface area contributed by atoms with Crippen LogP contribution >= 0.6 is 0 Å². The Morgan fingerprint density at radius 2 is 1.67 bits per heavy atom. The van der Waals surface area contributed by atoms with Crippen LogP contribution in [0, 0.1) is 20.8 Å². The molecule has 2 rings (SSSR count). The zero-order valence-electron chi connectivity index (χ0n) is 11.8. The van der Waals surface area contributed by atoms with Gasteiger partial charge in [0.05, 0.1) is 5.60 Å². The summed E-state index contributed by atoms with van der Waals surface area (Å²) in [4.78, 5) is 0. The molecule has 2 heteroatoms. The summed E-state index contributed by atoms with van der Waals surface area (Å²) in [7, 11) is 0. The van der Waals surface area contributed by atoms with E-state index in [0.29, 0.717) is 0 Å². The molecule has 0 unspecified atom stereocenters. The van der Waals surface area contributed by atoms with Gasteiger partial charge in [0.1, 0.15) is 0 Å². The molecule has 0 atom stereocenters. The van der Waals surface area contributed by atoms with Crippen LogP contribution in [-0.2, 0) is 6.42 Å². The molecule has 0 amide bonds. The third-order valence-corrected chi connectivity index (χ3v) is 4.21. The molecule has 0 saturated carbocycles. The van der Waals surface area contributed by atoms with E-state index in [1.165, 1.54) is 22.3 Å². The van der Waals surface area contributed by atoms with Gasteiger partial charge >= 0.3 is 0 Å². The van der Waals surface area contributed by atoms with Crippen LogP contribution < -0.4 is 5.32 Å². The molecule has 0 aliphatic carbocycles. The Hall–Kier alpha value is -0.860. The topological polar surface area (TPSA) is 32.3 Å². The van der Waals surface area contributed by atoms with Crippen molar-refractivity contribution in [3.05, 3.63) is 34.4 Å². The van der Waals surface area contributed by atoms with Gasteiger partial charge in [-0.2, -0.15) is 0 Å². The Bertz CT molecular complexity index is 396. The van der Waals surface area contributed by atoms with Crippen LogP contribution in [0.5, 0.6) is 0 Å². The lowest BCUT2D eigenvalue weighted by Crippen LogP contribution is -2.42. The standard InChI is InChI=1S/C16H25NO/c1-12-10-13(2)15(14(3)11-12)4-5-16(18)6-8-17-9-7-16/h10-11,17-18H,4-9H2,1-3H3. The largest absolute Gasteiger partial charge is 0.390 e. The number of hydrogen-bond donors (Lipinski definition) is 2. The molecule has 0 bridgehead atoms. The summed E-state index contributed by atoms with van der Waals surface area (Å²) in [5, 5.41) is 13.8. The van der Waals surface area contributed by atoms with Crippen molar-refractivity contribution in [2.45, 2.75) is 52.1 Å². The summed E-state index contributed by atoms with van der Waals surface area (Å²) in [6, 6.07) is 4.49. The number of benzene rings is 1. The van der Waals surface area contributed by atoms with Crippen molar-refractivity contribution in [2.75, 3.05) is 13.1 Å². The van der Waals surface area contributed by atoms with Crippen LogP contribution in [0.3, 0.4) is 0 Å². The predicted octanol–water partition coefficient (Wildman–Crippen LogP) is 2.66. The Kier molecular flexibility index (Phi) is 4.08. The van der Waals surface area contributed by atoms with Gasteiger partial charge in [-0.05, 0) is 76.2 Å². The Balaban J connectivity index is 2.06. The van der Waals surface area contributed by atoms with E-state index in [4.69, 9.17) is 0 Å². The fraction of sp³-hybridized carbons (Fsp3) is 0.625. The zero-order chi connectivity index (χ0) is 13.2. The Morgan fingerprint density at radius 1 is 1.11 bits per heavy atom. The van der Waals surface area contributed by atoms with E-state index < -0.39 is 5.60 Å². The molecule has 1 fully saturated rings. The molecule has 1 aliphatic rings. The molecule has 0 radical (unpaired) electrons. The summed E-state index contributed by atoms with van der Waals surface area (Å²) in [6.45, 7) is 8.40. The predicted molar refractivity (Wildman–Crippen MR) is 76.0 cm³/mol. The summed E-state index contributed by atoms with van der Waals surface area (Å²) in [5.74, 6) is 0. The molecular formula is C16H25NO. The molecule has 2 nitrogen and oxygen atoms in total. The van der Waals surface area contributed by atoms with Crippen LogP contribution in [0.1, 0.15) is 41.5 Å². The van der Waals surface area contributed by atoms with Crippen molar-refractivity contribution in [3.8, 4) is 0 Å². The van der Waals surface area contributed by atoms with Gasteiger partial charge in [0.15, 0.2) is 0 Å². The van der Waals surface area contributed by atoms with Crippen LogP contribution in [0.25, 0.3) is 0 Å². The highest BCUT2D eigenvalue weighted by Gasteiger charge is 2.28.